The molecule has 0 aromatic rings. The van der Waals surface area contributed by atoms with Crippen molar-refractivity contribution in [3.8, 4) is 0 Å². The van der Waals surface area contributed by atoms with Gasteiger partial charge in [0.25, 0.3) is 0 Å². The van der Waals surface area contributed by atoms with Gasteiger partial charge in [-0.2, -0.15) is 0 Å². The van der Waals surface area contributed by atoms with E-state index in [-0.39, 0.29) is 17.7 Å². The Kier molecular flexibility index (Phi) is 5.40. The number of nitrogens with one attached hydrogen (secondary N) is 2. The highest BCUT2D eigenvalue weighted by atomic mass is 32.2. The van der Waals surface area contributed by atoms with Crippen LogP contribution >= 0.6 is 0 Å². The molecule has 2 N–H and O–H groups in total. The van der Waals surface area contributed by atoms with Crippen LogP contribution in [0.1, 0.15) is 25.7 Å². The van der Waals surface area contributed by atoms with Crippen molar-refractivity contribution in [2.24, 2.45) is 11.8 Å². The van der Waals surface area contributed by atoms with Gasteiger partial charge in [0.1, 0.15) is 0 Å². The molecule has 2 atom stereocenters. The van der Waals surface area contributed by atoms with Crippen molar-refractivity contribution >= 4 is 15.9 Å². The quantitative estimate of drug-likeness (QED) is 0.752. The third-order valence-electron chi connectivity index (χ3n) is 4.11. The molecule has 0 aromatic carbocycles. The van der Waals surface area contributed by atoms with Crippen molar-refractivity contribution in [1.82, 2.24) is 14.9 Å². The summed E-state index contributed by atoms with van der Waals surface area (Å²) in [6.45, 7) is 3.71. The van der Waals surface area contributed by atoms with E-state index in [2.05, 4.69) is 10.0 Å². The number of hydrogen-bond acceptors (Lipinski definition) is 4. The molecule has 2 saturated heterocycles. The molecule has 0 bridgehead atoms. The van der Waals surface area contributed by atoms with Crippen LogP contribution in [0.5, 0.6) is 0 Å². The minimum atomic E-state index is -3.15. The topological polar surface area (TPSA) is 78.5 Å². The smallest absolute Gasteiger partial charge is 0.226 e. The molecule has 0 aromatic heterocycles. The second-order valence-electron chi connectivity index (χ2n) is 5.96. The van der Waals surface area contributed by atoms with E-state index in [4.69, 9.17) is 0 Å². The molecule has 116 valence electrons. The van der Waals surface area contributed by atoms with Crippen molar-refractivity contribution in [2.45, 2.75) is 25.7 Å². The predicted octanol–water partition coefficient (Wildman–Crippen LogP) is -0.226. The van der Waals surface area contributed by atoms with E-state index in [0.717, 1.165) is 45.3 Å². The highest BCUT2D eigenvalue weighted by molar-refractivity contribution is 7.88. The number of carbonyl (C=O) groups excluding carboxylic acids is 1. The standard InChI is InChI=1S/C13H25N3O3S/c1-20(18,19)15-8-11-4-3-7-16(10-11)13(17)12-5-2-6-14-9-12/h11-12,14-15H,2-10H2,1H3. The monoisotopic (exact) mass is 303 g/mol. The van der Waals surface area contributed by atoms with Crippen LogP contribution in [-0.4, -0.2) is 58.2 Å². The highest BCUT2D eigenvalue weighted by Gasteiger charge is 2.29. The van der Waals surface area contributed by atoms with Gasteiger partial charge in [0, 0.05) is 26.2 Å². The van der Waals surface area contributed by atoms with Gasteiger partial charge in [-0.05, 0) is 38.1 Å². The SMILES string of the molecule is CS(=O)(=O)NCC1CCCN(C(=O)C2CCCNC2)C1. The molecular formula is C13H25N3O3S. The van der Waals surface area contributed by atoms with Gasteiger partial charge in [-0.3, -0.25) is 4.79 Å². The van der Waals surface area contributed by atoms with Gasteiger partial charge in [-0.15, -0.1) is 0 Å². The molecule has 2 aliphatic rings. The lowest BCUT2D eigenvalue weighted by Gasteiger charge is -2.36. The molecule has 2 unspecified atom stereocenters. The average molecular weight is 303 g/mol. The molecule has 2 aliphatic heterocycles. The normalized spacial score (nSPS) is 28.4. The number of sulfonamides is 1. The Morgan fingerprint density at radius 1 is 1.35 bits per heavy atom. The van der Waals surface area contributed by atoms with Crippen molar-refractivity contribution < 1.29 is 13.2 Å². The summed E-state index contributed by atoms with van der Waals surface area (Å²) < 4.78 is 24.8. The van der Waals surface area contributed by atoms with Crippen molar-refractivity contribution in [3.05, 3.63) is 0 Å². The zero-order valence-corrected chi connectivity index (χ0v) is 12.9. The molecule has 0 saturated carbocycles. The van der Waals surface area contributed by atoms with Crippen LogP contribution in [0.3, 0.4) is 0 Å². The van der Waals surface area contributed by atoms with Crippen LogP contribution in [0.2, 0.25) is 0 Å². The first-order chi connectivity index (χ1) is 9.46. The van der Waals surface area contributed by atoms with Gasteiger partial charge in [-0.25, -0.2) is 13.1 Å². The molecule has 0 aliphatic carbocycles. The van der Waals surface area contributed by atoms with Crippen LogP contribution in [0.4, 0.5) is 0 Å². The van der Waals surface area contributed by atoms with Crippen molar-refractivity contribution in [3.63, 3.8) is 0 Å². The number of rotatable bonds is 4. The molecule has 2 rings (SSSR count). The lowest BCUT2D eigenvalue weighted by molar-refractivity contribution is -0.137. The van der Waals surface area contributed by atoms with Gasteiger partial charge in [-0.1, -0.05) is 0 Å². The van der Waals surface area contributed by atoms with Gasteiger partial charge < -0.3 is 10.2 Å². The van der Waals surface area contributed by atoms with Gasteiger partial charge in [0.15, 0.2) is 0 Å². The highest BCUT2D eigenvalue weighted by Crippen LogP contribution is 2.20. The molecular weight excluding hydrogens is 278 g/mol. The minimum absolute atomic E-state index is 0.102. The minimum Gasteiger partial charge on any atom is -0.342 e. The fourth-order valence-electron chi connectivity index (χ4n) is 3.02. The second-order valence-corrected chi connectivity index (χ2v) is 7.79. The molecule has 2 heterocycles. The number of amides is 1. The van der Waals surface area contributed by atoms with E-state index in [1.807, 2.05) is 4.90 Å². The first kappa shape index (κ1) is 15.7. The van der Waals surface area contributed by atoms with Crippen LogP contribution in [0, 0.1) is 11.8 Å². The number of piperidine rings is 2. The summed E-state index contributed by atoms with van der Waals surface area (Å²) in [5.74, 6) is 0.575. The molecule has 7 heteroatoms. The lowest BCUT2D eigenvalue weighted by atomic mass is 9.94. The van der Waals surface area contributed by atoms with Crippen molar-refractivity contribution in [1.29, 1.82) is 0 Å². The molecule has 20 heavy (non-hydrogen) atoms. The van der Waals surface area contributed by atoms with Crippen LogP contribution in [0.15, 0.2) is 0 Å². The van der Waals surface area contributed by atoms with E-state index in [1.165, 1.54) is 6.26 Å². The maximum absolute atomic E-state index is 12.4. The van der Waals surface area contributed by atoms with Gasteiger partial charge >= 0.3 is 0 Å². The number of likely N-dealkylation sites (tertiary alicyclic amines) is 1. The third kappa shape index (κ3) is 4.71. The second kappa shape index (κ2) is 6.87. The summed E-state index contributed by atoms with van der Waals surface area (Å²) in [7, 11) is -3.15. The van der Waals surface area contributed by atoms with Gasteiger partial charge in [0.05, 0.1) is 12.2 Å². The van der Waals surface area contributed by atoms with E-state index in [1.54, 1.807) is 0 Å². The summed E-state index contributed by atoms with van der Waals surface area (Å²) in [5.41, 5.74) is 0. The van der Waals surface area contributed by atoms with Crippen LogP contribution < -0.4 is 10.0 Å². The van der Waals surface area contributed by atoms with Gasteiger partial charge in [0.2, 0.25) is 15.9 Å². The maximum Gasteiger partial charge on any atom is 0.226 e. The predicted molar refractivity (Wildman–Crippen MR) is 77.7 cm³/mol. The summed E-state index contributed by atoms with van der Waals surface area (Å²) >= 11 is 0. The molecule has 2 fully saturated rings. The largest absolute Gasteiger partial charge is 0.342 e. The van der Waals surface area contributed by atoms with Crippen molar-refractivity contribution in [2.75, 3.05) is 39.0 Å². The van der Waals surface area contributed by atoms with E-state index in [0.29, 0.717) is 13.1 Å². The fourth-order valence-corrected chi connectivity index (χ4v) is 3.56. The Hall–Kier alpha value is -0.660. The Morgan fingerprint density at radius 3 is 2.80 bits per heavy atom. The maximum atomic E-state index is 12.4. The number of hydrogen-bond donors (Lipinski definition) is 2. The van der Waals surface area contributed by atoms with E-state index in [9.17, 15) is 13.2 Å². The van der Waals surface area contributed by atoms with E-state index < -0.39 is 10.0 Å². The molecule has 6 nitrogen and oxygen atoms in total. The van der Waals surface area contributed by atoms with Crippen LogP contribution in [-0.2, 0) is 14.8 Å². The summed E-state index contributed by atoms with van der Waals surface area (Å²) in [4.78, 5) is 14.4. The Bertz CT molecular complexity index is 432. The molecule has 1 amide bonds. The third-order valence-corrected chi connectivity index (χ3v) is 4.80. The first-order valence-corrected chi connectivity index (χ1v) is 9.29. The number of nitrogens with zero attached hydrogens (tertiary/aromatic N) is 1. The Morgan fingerprint density at radius 2 is 2.15 bits per heavy atom. The lowest BCUT2D eigenvalue weighted by Crippen LogP contribution is -2.48. The average Bonchev–Trinajstić information content (AvgIpc) is 2.45. The van der Waals surface area contributed by atoms with E-state index >= 15 is 0 Å². The first-order valence-electron chi connectivity index (χ1n) is 7.40. The zero-order chi connectivity index (χ0) is 14.6. The molecule has 0 radical (unpaired) electrons. The Labute approximate surface area is 121 Å². The zero-order valence-electron chi connectivity index (χ0n) is 12.1. The molecule has 0 spiro atoms. The Balaban J connectivity index is 1.84. The van der Waals surface area contributed by atoms with Crippen LogP contribution in [0.25, 0.3) is 0 Å². The fraction of sp³-hybridized carbons (Fsp3) is 0.923. The number of carbonyl (C=O) groups is 1. The summed E-state index contributed by atoms with van der Waals surface area (Å²) in [6.07, 6.45) is 5.14. The summed E-state index contributed by atoms with van der Waals surface area (Å²) in [5, 5.41) is 3.27. The summed E-state index contributed by atoms with van der Waals surface area (Å²) in [6, 6.07) is 0.